The van der Waals surface area contributed by atoms with Crippen LogP contribution in [0.25, 0.3) is 0 Å². The van der Waals surface area contributed by atoms with Gasteiger partial charge in [-0.25, -0.2) is 4.98 Å². The van der Waals surface area contributed by atoms with Gasteiger partial charge in [0.05, 0.1) is 0 Å². The van der Waals surface area contributed by atoms with Crippen molar-refractivity contribution < 1.29 is 13.9 Å². The van der Waals surface area contributed by atoms with Gasteiger partial charge in [-0.15, -0.1) is 0 Å². The van der Waals surface area contributed by atoms with Gasteiger partial charge >= 0.3 is 0 Å². The Balaban J connectivity index is 1.43. The van der Waals surface area contributed by atoms with Crippen molar-refractivity contribution in [2.24, 2.45) is 5.41 Å². The minimum atomic E-state index is 0.0626. The van der Waals surface area contributed by atoms with Crippen LogP contribution < -0.4 is 0 Å². The monoisotopic (exact) mass is 290 g/mol. The van der Waals surface area contributed by atoms with Crippen LogP contribution in [0.15, 0.2) is 10.8 Å². The van der Waals surface area contributed by atoms with Gasteiger partial charge in [-0.1, -0.05) is 0 Å². The highest BCUT2D eigenvalue weighted by molar-refractivity contribution is 5.93. The van der Waals surface area contributed by atoms with E-state index in [-0.39, 0.29) is 5.91 Å². The summed E-state index contributed by atoms with van der Waals surface area (Å²) in [5.74, 6) is 1.30. The summed E-state index contributed by atoms with van der Waals surface area (Å²) in [4.78, 5) is 18.8. The average Bonchev–Trinajstić information content (AvgIpc) is 3.25. The first-order valence-electron chi connectivity index (χ1n) is 8.08. The first-order valence-corrected chi connectivity index (χ1v) is 8.08. The van der Waals surface area contributed by atoms with Crippen LogP contribution >= 0.6 is 0 Å². The molecular formula is C16H22N2O3. The van der Waals surface area contributed by atoms with Crippen LogP contribution in [0.5, 0.6) is 0 Å². The number of oxazole rings is 1. The van der Waals surface area contributed by atoms with Gasteiger partial charge in [0.2, 0.25) is 0 Å². The lowest BCUT2D eigenvalue weighted by molar-refractivity contribution is -0.0176. The summed E-state index contributed by atoms with van der Waals surface area (Å²) >= 11 is 0. The van der Waals surface area contributed by atoms with E-state index in [1.807, 2.05) is 4.90 Å². The van der Waals surface area contributed by atoms with E-state index in [2.05, 4.69) is 4.98 Å². The summed E-state index contributed by atoms with van der Waals surface area (Å²) in [6.45, 7) is 3.44. The number of piperidine rings is 1. The van der Waals surface area contributed by atoms with E-state index < -0.39 is 0 Å². The standard InChI is InChI=1S/C16H22N2O3/c19-15(13-14(12-1-2-12)21-11-17-13)18-7-3-16(4-8-18)5-9-20-10-6-16/h11-12H,1-10H2. The maximum Gasteiger partial charge on any atom is 0.276 e. The van der Waals surface area contributed by atoms with E-state index >= 15 is 0 Å². The summed E-state index contributed by atoms with van der Waals surface area (Å²) < 4.78 is 10.9. The molecule has 0 aromatic carbocycles. The maximum atomic E-state index is 12.7. The van der Waals surface area contributed by atoms with Gasteiger partial charge < -0.3 is 14.1 Å². The van der Waals surface area contributed by atoms with Crippen LogP contribution in [0, 0.1) is 5.41 Å². The van der Waals surface area contributed by atoms with Gasteiger partial charge in [-0.05, 0) is 43.9 Å². The third kappa shape index (κ3) is 2.48. The van der Waals surface area contributed by atoms with Gasteiger partial charge in [0, 0.05) is 32.2 Å². The van der Waals surface area contributed by atoms with Crippen molar-refractivity contribution in [3.8, 4) is 0 Å². The van der Waals surface area contributed by atoms with Gasteiger partial charge in [0.15, 0.2) is 12.1 Å². The highest BCUT2D eigenvalue weighted by atomic mass is 16.5. The Kier molecular flexibility index (Phi) is 3.25. The lowest BCUT2D eigenvalue weighted by Gasteiger charge is -2.43. The number of hydrogen-bond donors (Lipinski definition) is 0. The second-order valence-corrected chi connectivity index (χ2v) is 6.74. The fraction of sp³-hybridized carbons (Fsp3) is 0.750. The zero-order valence-electron chi connectivity index (χ0n) is 12.3. The number of likely N-dealkylation sites (tertiary alicyclic amines) is 1. The van der Waals surface area contributed by atoms with Gasteiger partial charge in [0.25, 0.3) is 5.91 Å². The van der Waals surface area contributed by atoms with E-state index in [4.69, 9.17) is 9.15 Å². The molecule has 114 valence electrons. The third-order valence-corrected chi connectivity index (χ3v) is 5.41. The molecule has 1 amide bonds. The summed E-state index contributed by atoms with van der Waals surface area (Å²) in [7, 11) is 0. The van der Waals surface area contributed by atoms with Gasteiger partial charge in [-0.3, -0.25) is 4.79 Å². The van der Waals surface area contributed by atoms with Crippen LogP contribution in [0.1, 0.15) is 60.7 Å². The molecular weight excluding hydrogens is 268 g/mol. The molecule has 4 rings (SSSR count). The number of amides is 1. The Morgan fingerprint density at radius 1 is 1.19 bits per heavy atom. The molecule has 3 fully saturated rings. The van der Waals surface area contributed by atoms with Gasteiger partial charge in [-0.2, -0.15) is 0 Å². The molecule has 5 heteroatoms. The normalized spacial score (nSPS) is 25.2. The molecule has 1 aromatic rings. The molecule has 0 N–H and O–H groups in total. The smallest absolute Gasteiger partial charge is 0.276 e. The van der Waals surface area contributed by atoms with Crippen molar-refractivity contribution >= 4 is 5.91 Å². The molecule has 5 nitrogen and oxygen atoms in total. The molecule has 2 saturated heterocycles. The molecule has 0 bridgehead atoms. The van der Waals surface area contributed by atoms with Crippen LogP contribution in [0.2, 0.25) is 0 Å². The van der Waals surface area contributed by atoms with Crippen LogP contribution in [-0.4, -0.2) is 42.1 Å². The van der Waals surface area contributed by atoms with Crippen molar-refractivity contribution in [3.63, 3.8) is 0 Å². The molecule has 1 aromatic heterocycles. The summed E-state index contributed by atoms with van der Waals surface area (Å²) in [6.07, 6.45) is 8.15. The second kappa shape index (κ2) is 5.13. The Labute approximate surface area is 124 Å². The molecule has 2 aliphatic heterocycles. The maximum absolute atomic E-state index is 12.7. The van der Waals surface area contributed by atoms with E-state index in [0.29, 0.717) is 17.0 Å². The highest BCUT2D eigenvalue weighted by Gasteiger charge is 2.39. The quantitative estimate of drug-likeness (QED) is 0.840. The topological polar surface area (TPSA) is 55.6 Å². The first kappa shape index (κ1) is 13.3. The van der Waals surface area contributed by atoms with E-state index in [1.165, 1.54) is 6.39 Å². The van der Waals surface area contributed by atoms with Crippen molar-refractivity contribution in [1.29, 1.82) is 0 Å². The molecule has 3 aliphatic rings. The van der Waals surface area contributed by atoms with Crippen molar-refractivity contribution in [3.05, 3.63) is 17.8 Å². The van der Waals surface area contributed by atoms with E-state index in [1.54, 1.807) is 0 Å². The first-order chi connectivity index (χ1) is 10.3. The largest absolute Gasteiger partial charge is 0.447 e. The molecule has 0 unspecified atom stereocenters. The van der Waals surface area contributed by atoms with Crippen LogP contribution in [-0.2, 0) is 4.74 Å². The number of nitrogens with zero attached hydrogens (tertiary/aromatic N) is 2. The molecule has 1 aliphatic carbocycles. The van der Waals surface area contributed by atoms with Crippen LogP contribution in [0.3, 0.4) is 0 Å². The number of carbonyl (C=O) groups is 1. The summed E-state index contributed by atoms with van der Waals surface area (Å²) in [5, 5.41) is 0. The zero-order chi connectivity index (χ0) is 14.3. The third-order valence-electron chi connectivity index (χ3n) is 5.41. The summed E-state index contributed by atoms with van der Waals surface area (Å²) in [6, 6.07) is 0. The van der Waals surface area contributed by atoms with Crippen molar-refractivity contribution in [2.75, 3.05) is 26.3 Å². The molecule has 1 saturated carbocycles. The Bertz CT molecular complexity index is 519. The van der Waals surface area contributed by atoms with E-state index in [9.17, 15) is 4.79 Å². The fourth-order valence-electron chi connectivity index (χ4n) is 3.69. The number of carbonyl (C=O) groups excluding carboxylic acids is 1. The van der Waals surface area contributed by atoms with Crippen molar-refractivity contribution in [2.45, 2.75) is 44.4 Å². The van der Waals surface area contributed by atoms with E-state index in [0.717, 1.165) is 70.6 Å². The number of aromatic nitrogens is 1. The predicted octanol–water partition coefficient (Wildman–Crippen LogP) is 2.58. The average molecular weight is 290 g/mol. The minimum absolute atomic E-state index is 0.0626. The molecule has 0 atom stereocenters. The van der Waals surface area contributed by atoms with Crippen molar-refractivity contribution in [1.82, 2.24) is 9.88 Å². The Morgan fingerprint density at radius 3 is 2.57 bits per heavy atom. The molecule has 1 spiro atoms. The van der Waals surface area contributed by atoms with Crippen LogP contribution in [0.4, 0.5) is 0 Å². The SMILES string of the molecule is O=C(c1ncoc1C1CC1)N1CCC2(CCOCC2)CC1. The second-order valence-electron chi connectivity index (χ2n) is 6.74. The highest BCUT2D eigenvalue weighted by Crippen LogP contribution is 2.43. The number of ether oxygens (including phenoxy) is 1. The Hall–Kier alpha value is -1.36. The zero-order valence-corrected chi connectivity index (χ0v) is 12.3. The lowest BCUT2D eigenvalue weighted by atomic mass is 9.72. The fourth-order valence-corrected chi connectivity index (χ4v) is 3.69. The van der Waals surface area contributed by atoms with Gasteiger partial charge in [0.1, 0.15) is 5.76 Å². The lowest BCUT2D eigenvalue weighted by Crippen LogP contribution is -2.45. The Morgan fingerprint density at radius 2 is 1.90 bits per heavy atom. The molecule has 21 heavy (non-hydrogen) atoms. The predicted molar refractivity (Wildman–Crippen MR) is 76.1 cm³/mol. The number of hydrogen-bond acceptors (Lipinski definition) is 4. The molecule has 0 radical (unpaired) electrons. The summed E-state index contributed by atoms with van der Waals surface area (Å²) in [5.41, 5.74) is 0.971. The minimum Gasteiger partial charge on any atom is -0.447 e. The number of rotatable bonds is 2. The molecule has 3 heterocycles.